The number of anilines is 2. The van der Waals surface area contributed by atoms with Crippen molar-refractivity contribution in [1.82, 2.24) is 20.3 Å². The van der Waals surface area contributed by atoms with Gasteiger partial charge in [-0.2, -0.15) is 5.43 Å². The fraction of sp³-hybridized carbons (Fsp3) is 0.296. The van der Waals surface area contributed by atoms with Crippen LogP contribution in [0.4, 0.5) is 24.5 Å². The van der Waals surface area contributed by atoms with Crippen molar-refractivity contribution in [2.75, 3.05) is 30.5 Å². The summed E-state index contributed by atoms with van der Waals surface area (Å²) in [5, 5.41) is 7.85. The lowest BCUT2D eigenvalue weighted by Gasteiger charge is -2.48. The maximum atomic E-state index is 13.7. The lowest BCUT2D eigenvalue weighted by molar-refractivity contribution is -0.274. The first-order valence-electron chi connectivity index (χ1n) is 12.4. The quantitative estimate of drug-likeness (QED) is 0.408. The molecule has 2 aliphatic heterocycles. The molecule has 3 N–H and O–H groups in total. The van der Waals surface area contributed by atoms with Gasteiger partial charge >= 0.3 is 6.36 Å². The summed E-state index contributed by atoms with van der Waals surface area (Å²) in [5.74, 6) is -0.109. The number of hydrogen-bond donors (Lipinski definition) is 3. The van der Waals surface area contributed by atoms with Gasteiger partial charge in [-0.05, 0) is 60.5 Å². The summed E-state index contributed by atoms with van der Waals surface area (Å²) in [6, 6.07) is 12.4. The molecule has 10 nitrogen and oxygen atoms in total. The SMILES string of the molecule is COc1ccc(CC2(Nc3cncn(C)c3=O)NN(c3ccc(OC(F)(F)F)cc3)C(=O)C3=C2CCNC3)cc1. The molecule has 13 heteroatoms. The van der Waals surface area contributed by atoms with E-state index in [2.05, 4.69) is 25.8 Å². The number of nitrogens with one attached hydrogen (secondary N) is 3. The molecule has 0 bridgehead atoms. The van der Waals surface area contributed by atoms with Crippen LogP contribution in [-0.4, -0.2) is 47.7 Å². The summed E-state index contributed by atoms with van der Waals surface area (Å²) in [6.07, 6.45) is -1.23. The fourth-order valence-corrected chi connectivity index (χ4v) is 4.95. The minimum Gasteiger partial charge on any atom is -0.497 e. The molecular formula is C27H27F3N6O4. The first kappa shape index (κ1) is 27.2. The van der Waals surface area contributed by atoms with Crippen molar-refractivity contribution in [3.63, 3.8) is 0 Å². The second kappa shape index (κ2) is 10.7. The number of halogens is 3. The van der Waals surface area contributed by atoms with Crippen molar-refractivity contribution in [3.8, 4) is 11.5 Å². The predicted octanol–water partition coefficient (Wildman–Crippen LogP) is 2.88. The van der Waals surface area contributed by atoms with Crippen LogP contribution in [0.15, 0.2) is 77.0 Å². The van der Waals surface area contributed by atoms with Crippen molar-refractivity contribution >= 4 is 17.3 Å². The van der Waals surface area contributed by atoms with Gasteiger partial charge in [-0.3, -0.25) is 9.59 Å². The van der Waals surface area contributed by atoms with Crippen molar-refractivity contribution in [1.29, 1.82) is 0 Å². The molecule has 1 aromatic heterocycles. The van der Waals surface area contributed by atoms with E-state index in [-0.39, 0.29) is 29.4 Å². The average molecular weight is 557 g/mol. The van der Waals surface area contributed by atoms with Crippen LogP contribution >= 0.6 is 0 Å². The van der Waals surface area contributed by atoms with Crippen molar-refractivity contribution in [3.05, 3.63) is 88.1 Å². The highest BCUT2D eigenvalue weighted by atomic mass is 19.4. The molecule has 1 unspecified atom stereocenters. The molecular weight excluding hydrogens is 529 g/mol. The number of benzene rings is 2. The molecule has 2 aromatic carbocycles. The van der Waals surface area contributed by atoms with Gasteiger partial charge in [0, 0.05) is 25.6 Å². The number of alkyl halides is 3. The number of rotatable bonds is 7. The molecule has 0 saturated carbocycles. The highest BCUT2D eigenvalue weighted by Gasteiger charge is 2.46. The Morgan fingerprint density at radius 2 is 1.77 bits per heavy atom. The van der Waals surface area contributed by atoms with Crippen molar-refractivity contribution in [2.24, 2.45) is 7.05 Å². The Hall–Kier alpha value is -4.36. The Bertz CT molecular complexity index is 1490. The monoisotopic (exact) mass is 556 g/mol. The third-order valence-corrected chi connectivity index (χ3v) is 6.80. The number of methoxy groups -OCH3 is 1. The van der Waals surface area contributed by atoms with Gasteiger partial charge in [0.05, 0.1) is 25.3 Å². The third kappa shape index (κ3) is 5.51. The Labute approximate surface area is 227 Å². The van der Waals surface area contributed by atoms with E-state index in [9.17, 15) is 22.8 Å². The fourth-order valence-electron chi connectivity index (χ4n) is 4.95. The zero-order chi connectivity index (χ0) is 28.5. The molecule has 0 aliphatic carbocycles. The highest BCUT2D eigenvalue weighted by molar-refractivity contribution is 6.07. The van der Waals surface area contributed by atoms with Crippen LogP contribution in [0, 0.1) is 0 Å². The van der Waals surface area contributed by atoms with Crippen LogP contribution in [0.5, 0.6) is 11.5 Å². The average Bonchev–Trinajstić information content (AvgIpc) is 2.93. The number of hydrazine groups is 1. The normalized spacial score (nSPS) is 19.3. The summed E-state index contributed by atoms with van der Waals surface area (Å²) >= 11 is 0. The molecule has 5 rings (SSSR count). The van der Waals surface area contributed by atoms with Gasteiger partial charge in [-0.15, -0.1) is 13.2 Å². The minimum atomic E-state index is -4.85. The maximum absolute atomic E-state index is 13.7. The molecule has 1 atom stereocenters. The van der Waals surface area contributed by atoms with E-state index in [0.29, 0.717) is 30.7 Å². The van der Waals surface area contributed by atoms with E-state index in [4.69, 9.17) is 4.74 Å². The lowest BCUT2D eigenvalue weighted by Crippen LogP contribution is -2.68. The van der Waals surface area contributed by atoms with Gasteiger partial charge in [0.15, 0.2) is 0 Å². The van der Waals surface area contributed by atoms with Crippen LogP contribution < -0.4 is 36.1 Å². The first-order valence-corrected chi connectivity index (χ1v) is 12.4. The molecule has 0 radical (unpaired) electrons. The summed E-state index contributed by atoms with van der Waals surface area (Å²) in [7, 11) is 3.15. The Morgan fingerprint density at radius 3 is 2.45 bits per heavy atom. The Kier molecular flexibility index (Phi) is 7.25. The Morgan fingerprint density at radius 1 is 1.07 bits per heavy atom. The van der Waals surface area contributed by atoms with Gasteiger partial charge < -0.3 is 24.7 Å². The number of carbonyl (C=O) groups is 1. The molecule has 2 aliphatic rings. The van der Waals surface area contributed by atoms with Gasteiger partial charge in [0.25, 0.3) is 11.5 Å². The lowest BCUT2D eigenvalue weighted by atomic mass is 9.82. The van der Waals surface area contributed by atoms with Crippen LogP contribution in [-0.2, 0) is 18.3 Å². The third-order valence-electron chi connectivity index (χ3n) is 6.80. The number of amides is 1. The largest absolute Gasteiger partial charge is 0.573 e. The number of hydrogen-bond acceptors (Lipinski definition) is 8. The zero-order valence-corrected chi connectivity index (χ0v) is 21.7. The topological polar surface area (TPSA) is 110 Å². The molecule has 3 aromatic rings. The van der Waals surface area contributed by atoms with Crippen molar-refractivity contribution in [2.45, 2.75) is 24.9 Å². The predicted molar refractivity (Wildman–Crippen MR) is 141 cm³/mol. The molecule has 210 valence electrons. The number of carbonyl (C=O) groups excluding carboxylic acids is 1. The van der Waals surface area contributed by atoms with E-state index >= 15 is 0 Å². The molecule has 3 heterocycles. The van der Waals surface area contributed by atoms with Crippen LogP contribution in [0.25, 0.3) is 0 Å². The number of aryl methyl sites for hydroxylation is 1. The zero-order valence-electron chi connectivity index (χ0n) is 21.7. The van der Waals surface area contributed by atoms with Gasteiger partial charge in [0.2, 0.25) is 0 Å². The smallest absolute Gasteiger partial charge is 0.497 e. The van der Waals surface area contributed by atoms with Crippen LogP contribution in [0.3, 0.4) is 0 Å². The first-order chi connectivity index (χ1) is 19.1. The van der Waals surface area contributed by atoms with Crippen LogP contribution in [0.1, 0.15) is 12.0 Å². The van der Waals surface area contributed by atoms with E-state index < -0.39 is 17.8 Å². The molecule has 0 saturated heterocycles. The molecule has 0 fully saturated rings. The number of ether oxygens (including phenoxy) is 2. The molecule has 0 spiro atoms. The second-order valence-corrected chi connectivity index (χ2v) is 9.46. The standard InChI is InChI=1S/C27H27F3N6O4/c1-35-16-32-15-23(25(35)38)33-26(13-17-3-7-19(39-2)8-4-17)22-11-12-31-14-21(22)24(37)36(34-26)18-5-9-20(10-6-18)40-27(28,29)30/h3-10,15-16,31,33-34H,11-14H2,1-2H3. The number of aromatic nitrogens is 2. The van der Waals surface area contributed by atoms with Gasteiger partial charge in [-0.25, -0.2) is 9.99 Å². The van der Waals surface area contributed by atoms with Crippen molar-refractivity contribution < 1.29 is 27.4 Å². The van der Waals surface area contributed by atoms with Gasteiger partial charge in [0.1, 0.15) is 22.8 Å². The van der Waals surface area contributed by atoms with E-state index in [0.717, 1.165) is 23.3 Å². The van der Waals surface area contributed by atoms with E-state index in [1.54, 1.807) is 14.2 Å². The summed E-state index contributed by atoms with van der Waals surface area (Å²) < 4.78 is 48.7. The maximum Gasteiger partial charge on any atom is 0.573 e. The van der Waals surface area contributed by atoms with E-state index in [1.165, 1.54) is 34.2 Å². The second-order valence-electron chi connectivity index (χ2n) is 9.46. The molecule has 1 amide bonds. The summed E-state index contributed by atoms with van der Waals surface area (Å²) in [4.78, 5) is 30.9. The van der Waals surface area contributed by atoms with Crippen LogP contribution in [0.2, 0.25) is 0 Å². The summed E-state index contributed by atoms with van der Waals surface area (Å²) in [6.45, 7) is 0.882. The van der Waals surface area contributed by atoms with Gasteiger partial charge in [-0.1, -0.05) is 12.1 Å². The minimum absolute atomic E-state index is 0.208. The molecule has 40 heavy (non-hydrogen) atoms. The summed E-state index contributed by atoms with van der Waals surface area (Å²) in [5.41, 5.74) is 4.42. The van der Waals surface area contributed by atoms with E-state index in [1.807, 2.05) is 24.3 Å². The highest BCUT2D eigenvalue weighted by Crippen LogP contribution is 2.37. The number of nitrogens with zero attached hydrogens (tertiary/aromatic N) is 3. The Balaban J connectivity index is 1.62.